The van der Waals surface area contributed by atoms with Gasteiger partial charge >= 0.3 is 5.97 Å². The van der Waals surface area contributed by atoms with E-state index in [-0.39, 0.29) is 18.9 Å². The molecular formula is C21H20N2O4S. The second kappa shape index (κ2) is 9.14. The lowest BCUT2D eigenvalue weighted by Gasteiger charge is -2.09. The Morgan fingerprint density at radius 2 is 1.96 bits per heavy atom. The molecule has 7 heteroatoms. The van der Waals surface area contributed by atoms with Gasteiger partial charge in [0, 0.05) is 30.1 Å². The first-order valence-corrected chi connectivity index (χ1v) is 9.76. The van der Waals surface area contributed by atoms with Crippen LogP contribution in [0.2, 0.25) is 0 Å². The Balaban J connectivity index is 1.79. The molecule has 0 bridgehead atoms. The second-order valence-electron chi connectivity index (χ2n) is 5.98. The molecule has 0 unspecified atom stereocenters. The first kappa shape index (κ1) is 19.6. The van der Waals surface area contributed by atoms with Crippen molar-refractivity contribution < 1.29 is 19.1 Å². The van der Waals surface area contributed by atoms with Crippen LogP contribution in [0.3, 0.4) is 0 Å². The van der Waals surface area contributed by atoms with E-state index in [2.05, 4.69) is 5.32 Å². The van der Waals surface area contributed by atoms with Gasteiger partial charge in [-0.2, -0.15) is 0 Å². The number of esters is 1. The van der Waals surface area contributed by atoms with Crippen LogP contribution in [0.4, 0.5) is 5.00 Å². The highest BCUT2D eigenvalue weighted by atomic mass is 32.1. The number of ether oxygens (including phenoxy) is 1. The van der Waals surface area contributed by atoms with Crippen molar-refractivity contribution in [2.75, 3.05) is 11.9 Å². The monoisotopic (exact) mass is 396 g/mol. The summed E-state index contributed by atoms with van der Waals surface area (Å²) in [4.78, 5) is 35.9. The van der Waals surface area contributed by atoms with Crippen molar-refractivity contribution >= 4 is 34.5 Å². The topological polar surface area (TPSA) is 77.4 Å². The van der Waals surface area contributed by atoms with Crippen molar-refractivity contribution in [2.45, 2.75) is 19.9 Å². The molecule has 144 valence electrons. The molecule has 1 amide bonds. The summed E-state index contributed by atoms with van der Waals surface area (Å²) in [6, 6.07) is 12.9. The van der Waals surface area contributed by atoms with E-state index in [9.17, 15) is 14.4 Å². The fourth-order valence-corrected chi connectivity index (χ4v) is 3.81. The lowest BCUT2D eigenvalue weighted by Crippen LogP contribution is -2.16. The number of nitrogens with one attached hydrogen (secondary N) is 1. The summed E-state index contributed by atoms with van der Waals surface area (Å²) in [5, 5.41) is 5.12. The van der Waals surface area contributed by atoms with Gasteiger partial charge in [-0.05, 0) is 24.6 Å². The van der Waals surface area contributed by atoms with Crippen molar-refractivity contribution in [3.63, 3.8) is 0 Å². The van der Waals surface area contributed by atoms with Gasteiger partial charge in [0.1, 0.15) is 10.6 Å². The number of aryl methyl sites for hydroxylation is 1. The lowest BCUT2D eigenvalue weighted by molar-refractivity contribution is -0.116. The van der Waals surface area contributed by atoms with E-state index in [1.54, 1.807) is 29.8 Å². The molecule has 0 atom stereocenters. The first-order valence-electron chi connectivity index (χ1n) is 8.88. The van der Waals surface area contributed by atoms with Gasteiger partial charge in [0.15, 0.2) is 6.29 Å². The number of benzene rings is 1. The Kier molecular flexibility index (Phi) is 6.39. The van der Waals surface area contributed by atoms with E-state index in [0.29, 0.717) is 22.8 Å². The number of rotatable bonds is 8. The summed E-state index contributed by atoms with van der Waals surface area (Å²) < 4.78 is 6.90. The average molecular weight is 396 g/mol. The van der Waals surface area contributed by atoms with E-state index in [4.69, 9.17) is 4.74 Å². The molecule has 1 N–H and O–H groups in total. The van der Waals surface area contributed by atoms with Gasteiger partial charge in [-0.25, -0.2) is 4.79 Å². The number of hydrogen-bond donors (Lipinski definition) is 1. The van der Waals surface area contributed by atoms with Gasteiger partial charge in [0.2, 0.25) is 5.91 Å². The van der Waals surface area contributed by atoms with Gasteiger partial charge in [0.05, 0.1) is 12.3 Å². The van der Waals surface area contributed by atoms with Crippen LogP contribution >= 0.6 is 11.3 Å². The van der Waals surface area contributed by atoms with Crippen LogP contribution in [0.1, 0.15) is 34.2 Å². The normalized spacial score (nSPS) is 10.5. The van der Waals surface area contributed by atoms with Crippen molar-refractivity contribution in [3.05, 3.63) is 65.3 Å². The number of aromatic nitrogens is 1. The summed E-state index contributed by atoms with van der Waals surface area (Å²) in [6.07, 6.45) is 2.68. The first-order chi connectivity index (χ1) is 13.6. The van der Waals surface area contributed by atoms with E-state index in [1.165, 1.54) is 11.3 Å². The third-order valence-corrected chi connectivity index (χ3v) is 5.07. The van der Waals surface area contributed by atoms with Gasteiger partial charge in [-0.15, -0.1) is 11.3 Å². The van der Waals surface area contributed by atoms with Crippen molar-refractivity contribution in [2.24, 2.45) is 0 Å². The molecule has 0 saturated carbocycles. The molecule has 0 spiro atoms. The number of nitrogens with zero attached hydrogens (tertiary/aromatic N) is 1. The highest BCUT2D eigenvalue weighted by Crippen LogP contribution is 2.36. The number of thiophene rings is 1. The van der Waals surface area contributed by atoms with Crippen LogP contribution < -0.4 is 5.32 Å². The Morgan fingerprint density at radius 1 is 1.18 bits per heavy atom. The summed E-state index contributed by atoms with van der Waals surface area (Å²) in [5.74, 6) is -0.705. The molecule has 3 rings (SSSR count). The zero-order chi connectivity index (χ0) is 19.9. The molecule has 0 aliphatic heterocycles. The Morgan fingerprint density at radius 3 is 2.68 bits per heavy atom. The fraction of sp³-hybridized carbons (Fsp3) is 0.190. The van der Waals surface area contributed by atoms with Crippen LogP contribution in [0, 0.1) is 0 Å². The number of carbonyl (C=O) groups is 3. The standard InChI is InChI=1S/C21H20N2O4S/c1-2-27-21(26)19-17(15-7-4-3-5-8-15)14-28-20(19)22-18(25)10-12-23-11-6-9-16(23)13-24/h3-9,11,13-14H,2,10,12H2,1H3,(H,22,25). The maximum atomic E-state index is 12.5. The highest BCUT2D eigenvalue weighted by Gasteiger charge is 2.22. The van der Waals surface area contributed by atoms with Gasteiger partial charge < -0.3 is 14.6 Å². The summed E-state index contributed by atoms with van der Waals surface area (Å²) in [5.41, 5.74) is 2.49. The molecule has 0 saturated heterocycles. The van der Waals surface area contributed by atoms with E-state index in [1.807, 2.05) is 35.7 Å². The minimum Gasteiger partial charge on any atom is -0.462 e. The largest absolute Gasteiger partial charge is 0.462 e. The van der Waals surface area contributed by atoms with Gasteiger partial charge in [0.25, 0.3) is 0 Å². The second-order valence-corrected chi connectivity index (χ2v) is 6.86. The van der Waals surface area contributed by atoms with Crippen LogP contribution in [0.15, 0.2) is 54.0 Å². The molecule has 2 aromatic heterocycles. The quantitative estimate of drug-likeness (QED) is 0.456. The minimum absolute atomic E-state index is 0.177. The Hall–Kier alpha value is -3.19. The Labute approximate surface area is 166 Å². The molecule has 2 heterocycles. The van der Waals surface area contributed by atoms with Crippen LogP contribution in [-0.2, 0) is 16.1 Å². The third kappa shape index (κ3) is 4.37. The van der Waals surface area contributed by atoms with Crippen LogP contribution in [0.25, 0.3) is 11.1 Å². The maximum absolute atomic E-state index is 12.5. The number of hydrogen-bond acceptors (Lipinski definition) is 5. The van der Waals surface area contributed by atoms with Crippen molar-refractivity contribution in [3.8, 4) is 11.1 Å². The number of carbonyl (C=O) groups excluding carboxylic acids is 3. The third-order valence-electron chi connectivity index (χ3n) is 4.17. The van der Waals surface area contributed by atoms with Gasteiger partial charge in [-0.1, -0.05) is 30.3 Å². The number of aldehydes is 1. The molecule has 1 aromatic carbocycles. The van der Waals surface area contributed by atoms with Crippen molar-refractivity contribution in [1.82, 2.24) is 4.57 Å². The zero-order valence-corrected chi connectivity index (χ0v) is 16.2. The summed E-state index contributed by atoms with van der Waals surface area (Å²) >= 11 is 1.29. The van der Waals surface area contributed by atoms with E-state index in [0.717, 1.165) is 17.4 Å². The molecule has 0 radical (unpaired) electrons. The fourth-order valence-electron chi connectivity index (χ4n) is 2.84. The van der Waals surface area contributed by atoms with Gasteiger partial charge in [-0.3, -0.25) is 9.59 Å². The highest BCUT2D eigenvalue weighted by molar-refractivity contribution is 7.15. The lowest BCUT2D eigenvalue weighted by atomic mass is 10.0. The van der Waals surface area contributed by atoms with Crippen LogP contribution in [-0.4, -0.2) is 29.3 Å². The molecular weight excluding hydrogens is 376 g/mol. The molecule has 28 heavy (non-hydrogen) atoms. The maximum Gasteiger partial charge on any atom is 0.341 e. The predicted molar refractivity (Wildman–Crippen MR) is 109 cm³/mol. The smallest absolute Gasteiger partial charge is 0.341 e. The molecule has 0 fully saturated rings. The van der Waals surface area contributed by atoms with E-state index >= 15 is 0 Å². The van der Waals surface area contributed by atoms with Crippen LogP contribution in [0.5, 0.6) is 0 Å². The summed E-state index contributed by atoms with van der Waals surface area (Å²) in [7, 11) is 0. The average Bonchev–Trinajstić information content (AvgIpc) is 3.33. The summed E-state index contributed by atoms with van der Waals surface area (Å²) in [6.45, 7) is 2.36. The minimum atomic E-state index is -0.466. The molecule has 0 aliphatic carbocycles. The molecule has 3 aromatic rings. The zero-order valence-electron chi connectivity index (χ0n) is 15.4. The predicted octanol–water partition coefficient (Wildman–Crippen LogP) is 4.23. The Bertz CT molecular complexity index is 975. The molecule has 0 aliphatic rings. The molecule has 6 nitrogen and oxygen atoms in total. The number of amides is 1. The van der Waals surface area contributed by atoms with Crippen molar-refractivity contribution in [1.29, 1.82) is 0 Å². The number of anilines is 1. The van der Waals surface area contributed by atoms with E-state index < -0.39 is 5.97 Å². The SMILES string of the molecule is CCOC(=O)c1c(-c2ccccc2)csc1NC(=O)CCn1cccc1C=O.